The molecule has 1 aromatic carbocycles. The van der Waals surface area contributed by atoms with Crippen molar-refractivity contribution in [2.75, 3.05) is 5.32 Å². The van der Waals surface area contributed by atoms with Crippen LogP contribution in [0.5, 0.6) is 0 Å². The van der Waals surface area contributed by atoms with Gasteiger partial charge < -0.3 is 5.32 Å². The van der Waals surface area contributed by atoms with Gasteiger partial charge in [0.2, 0.25) is 0 Å². The second-order valence-electron chi connectivity index (χ2n) is 6.11. The molecule has 4 rings (SSSR count). The third-order valence-corrected chi connectivity index (χ3v) is 5.49. The van der Waals surface area contributed by atoms with Crippen molar-refractivity contribution in [2.45, 2.75) is 20.3 Å². The third kappa shape index (κ3) is 3.34. The largest absolute Gasteiger partial charge is 0.332 e. The molecule has 0 spiro atoms. The van der Waals surface area contributed by atoms with E-state index in [9.17, 15) is 4.79 Å². The highest BCUT2D eigenvalue weighted by Gasteiger charge is 2.15. The van der Waals surface area contributed by atoms with E-state index in [-0.39, 0.29) is 5.78 Å². The fourth-order valence-corrected chi connectivity index (χ4v) is 4.12. The average Bonchev–Trinajstić information content (AvgIpc) is 3.25. The van der Waals surface area contributed by atoms with Gasteiger partial charge in [0, 0.05) is 30.1 Å². The quantitative estimate of drug-likeness (QED) is 0.436. The van der Waals surface area contributed by atoms with E-state index < -0.39 is 0 Å². The molecule has 0 saturated heterocycles. The first-order valence-electron chi connectivity index (χ1n) is 8.56. The molecule has 3 heterocycles. The van der Waals surface area contributed by atoms with Gasteiger partial charge in [-0.25, -0.2) is 9.97 Å². The maximum Gasteiger partial charge on any atom is 0.187 e. The SMILES string of the molecule is CCC(=O)c1cccc(Nc2ncc(-c3c(C)nc4c(Cl)cccn34)s2)c1. The topological polar surface area (TPSA) is 59.3 Å². The molecule has 0 radical (unpaired) electrons. The Balaban J connectivity index is 1.66. The first kappa shape index (κ1) is 17.7. The van der Waals surface area contributed by atoms with Crippen LogP contribution in [-0.2, 0) is 0 Å². The molecular formula is C20H17ClN4OS. The highest BCUT2D eigenvalue weighted by atomic mass is 35.5. The molecule has 4 aromatic rings. The Labute approximate surface area is 165 Å². The number of fused-ring (bicyclic) bond motifs is 1. The lowest BCUT2D eigenvalue weighted by molar-refractivity contribution is 0.0988. The molecule has 5 nitrogen and oxygen atoms in total. The monoisotopic (exact) mass is 396 g/mol. The third-order valence-electron chi connectivity index (χ3n) is 4.27. The average molecular weight is 397 g/mol. The Kier molecular flexibility index (Phi) is 4.68. The number of Topliss-reactive ketones (excluding diaryl/α,β-unsaturated/α-hetero) is 1. The van der Waals surface area contributed by atoms with Crippen LogP contribution in [0, 0.1) is 6.92 Å². The summed E-state index contributed by atoms with van der Waals surface area (Å²) in [7, 11) is 0. The predicted octanol–water partition coefficient (Wildman–Crippen LogP) is 5.76. The summed E-state index contributed by atoms with van der Waals surface area (Å²) >= 11 is 7.79. The van der Waals surface area contributed by atoms with Gasteiger partial charge in [-0.2, -0.15) is 0 Å². The summed E-state index contributed by atoms with van der Waals surface area (Å²) in [6, 6.07) is 11.2. The number of carbonyl (C=O) groups is 1. The number of imidazole rings is 1. The van der Waals surface area contributed by atoms with Crippen molar-refractivity contribution in [3.05, 3.63) is 65.1 Å². The Morgan fingerprint density at radius 2 is 2.15 bits per heavy atom. The number of ketones is 1. The van der Waals surface area contributed by atoms with Gasteiger partial charge in [0.05, 0.1) is 21.3 Å². The number of pyridine rings is 1. The number of carbonyl (C=O) groups excluding carboxylic acids is 1. The van der Waals surface area contributed by atoms with Crippen LogP contribution in [0.4, 0.5) is 10.8 Å². The number of anilines is 2. The van der Waals surface area contributed by atoms with Crippen molar-refractivity contribution in [3.63, 3.8) is 0 Å². The van der Waals surface area contributed by atoms with Crippen molar-refractivity contribution in [1.29, 1.82) is 0 Å². The summed E-state index contributed by atoms with van der Waals surface area (Å²) in [5.41, 5.74) is 4.15. The Hall–Kier alpha value is -2.70. The highest BCUT2D eigenvalue weighted by molar-refractivity contribution is 7.18. The van der Waals surface area contributed by atoms with E-state index in [1.807, 2.05) is 67.0 Å². The summed E-state index contributed by atoms with van der Waals surface area (Å²) in [5, 5.41) is 4.65. The number of hydrogen-bond donors (Lipinski definition) is 1. The lowest BCUT2D eigenvalue weighted by atomic mass is 10.1. The number of halogens is 1. The van der Waals surface area contributed by atoms with Gasteiger partial charge >= 0.3 is 0 Å². The number of thiazole rings is 1. The fourth-order valence-electron chi connectivity index (χ4n) is 2.98. The molecule has 136 valence electrons. The smallest absolute Gasteiger partial charge is 0.187 e. The number of rotatable bonds is 5. The van der Waals surface area contributed by atoms with Crippen LogP contribution in [0.2, 0.25) is 5.02 Å². The molecule has 0 atom stereocenters. The molecule has 0 aliphatic rings. The van der Waals surface area contributed by atoms with Gasteiger partial charge in [-0.1, -0.05) is 42.0 Å². The van der Waals surface area contributed by atoms with E-state index in [0.29, 0.717) is 17.0 Å². The zero-order valence-corrected chi connectivity index (χ0v) is 16.4. The zero-order chi connectivity index (χ0) is 19.0. The van der Waals surface area contributed by atoms with Crippen LogP contribution < -0.4 is 5.32 Å². The van der Waals surface area contributed by atoms with Gasteiger partial charge in [0.25, 0.3) is 0 Å². The Morgan fingerprint density at radius 1 is 1.30 bits per heavy atom. The minimum Gasteiger partial charge on any atom is -0.332 e. The minimum atomic E-state index is 0.122. The number of aromatic nitrogens is 3. The summed E-state index contributed by atoms with van der Waals surface area (Å²) < 4.78 is 1.98. The number of aryl methyl sites for hydroxylation is 1. The van der Waals surface area contributed by atoms with Crippen LogP contribution in [-0.4, -0.2) is 20.2 Å². The standard InChI is InChI=1S/C20H17ClN4OS/c1-3-16(26)13-6-4-7-14(10-13)24-20-22-11-17(27-20)18-12(2)23-19-15(21)8-5-9-25(18)19/h4-11H,3H2,1-2H3,(H,22,24). The summed E-state index contributed by atoms with van der Waals surface area (Å²) in [6.07, 6.45) is 4.26. The molecular weight excluding hydrogens is 380 g/mol. The maximum atomic E-state index is 11.9. The second kappa shape index (κ2) is 7.13. The van der Waals surface area contributed by atoms with Gasteiger partial charge in [-0.05, 0) is 31.2 Å². The Morgan fingerprint density at radius 3 is 2.96 bits per heavy atom. The molecule has 1 N–H and O–H groups in total. The second-order valence-corrected chi connectivity index (χ2v) is 7.55. The van der Waals surface area contributed by atoms with E-state index in [2.05, 4.69) is 15.3 Å². The van der Waals surface area contributed by atoms with E-state index >= 15 is 0 Å². The van der Waals surface area contributed by atoms with Crippen molar-refractivity contribution in [3.8, 4) is 10.6 Å². The van der Waals surface area contributed by atoms with E-state index in [1.165, 1.54) is 11.3 Å². The van der Waals surface area contributed by atoms with E-state index in [0.717, 1.165) is 32.7 Å². The predicted molar refractivity (Wildman–Crippen MR) is 110 cm³/mol. The lowest BCUT2D eigenvalue weighted by Gasteiger charge is -2.04. The van der Waals surface area contributed by atoms with Gasteiger partial charge in [-0.3, -0.25) is 9.20 Å². The number of hydrogen-bond acceptors (Lipinski definition) is 5. The van der Waals surface area contributed by atoms with Crippen molar-refractivity contribution in [2.24, 2.45) is 0 Å². The lowest BCUT2D eigenvalue weighted by Crippen LogP contribution is -1.97. The molecule has 3 aromatic heterocycles. The van der Waals surface area contributed by atoms with Gasteiger partial charge in [0.15, 0.2) is 16.6 Å². The molecule has 0 aliphatic heterocycles. The van der Waals surface area contributed by atoms with Crippen LogP contribution in [0.3, 0.4) is 0 Å². The summed E-state index contributed by atoms with van der Waals surface area (Å²) in [5.74, 6) is 0.122. The van der Waals surface area contributed by atoms with Gasteiger partial charge in [0.1, 0.15) is 0 Å². The maximum absolute atomic E-state index is 11.9. The molecule has 0 amide bonds. The van der Waals surface area contributed by atoms with Crippen LogP contribution >= 0.6 is 22.9 Å². The van der Waals surface area contributed by atoms with Crippen molar-refractivity contribution >= 4 is 45.2 Å². The number of benzene rings is 1. The van der Waals surface area contributed by atoms with E-state index in [4.69, 9.17) is 11.6 Å². The number of nitrogens with zero attached hydrogens (tertiary/aromatic N) is 3. The highest BCUT2D eigenvalue weighted by Crippen LogP contribution is 2.34. The first-order chi connectivity index (χ1) is 13.1. The zero-order valence-electron chi connectivity index (χ0n) is 14.9. The van der Waals surface area contributed by atoms with Crippen molar-refractivity contribution in [1.82, 2.24) is 14.4 Å². The molecule has 27 heavy (non-hydrogen) atoms. The van der Waals surface area contributed by atoms with Crippen LogP contribution in [0.15, 0.2) is 48.8 Å². The Bertz CT molecular complexity index is 1150. The molecule has 0 fully saturated rings. The molecule has 0 aliphatic carbocycles. The minimum absolute atomic E-state index is 0.122. The molecule has 0 saturated carbocycles. The number of nitrogens with one attached hydrogen (secondary N) is 1. The molecule has 7 heteroatoms. The van der Waals surface area contributed by atoms with Crippen LogP contribution in [0.25, 0.3) is 16.2 Å². The first-order valence-corrected chi connectivity index (χ1v) is 9.76. The fraction of sp³-hybridized carbons (Fsp3) is 0.150. The normalized spacial score (nSPS) is 11.1. The van der Waals surface area contributed by atoms with Gasteiger partial charge in [-0.15, -0.1) is 0 Å². The summed E-state index contributed by atoms with van der Waals surface area (Å²) in [6.45, 7) is 3.82. The molecule has 0 bridgehead atoms. The van der Waals surface area contributed by atoms with Crippen molar-refractivity contribution < 1.29 is 4.79 Å². The molecule has 0 unspecified atom stereocenters. The van der Waals surface area contributed by atoms with Crippen LogP contribution in [0.1, 0.15) is 29.4 Å². The van der Waals surface area contributed by atoms with E-state index in [1.54, 1.807) is 0 Å². The summed E-state index contributed by atoms with van der Waals surface area (Å²) in [4.78, 5) is 22.0.